The Morgan fingerprint density at radius 2 is 2.31 bits per heavy atom. The van der Waals surface area contributed by atoms with Crippen LogP contribution in [0.1, 0.15) is 20.3 Å². The maximum Gasteiger partial charge on any atom is 0.251 e. The molecule has 74 valence electrons. The van der Waals surface area contributed by atoms with Crippen LogP contribution in [0.3, 0.4) is 0 Å². The molecule has 0 spiro atoms. The zero-order valence-corrected chi connectivity index (χ0v) is 7.76. The summed E-state index contributed by atoms with van der Waals surface area (Å²) < 4.78 is 0. The normalized spacial score (nSPS) is 22.7. The lowest BCUT2D eigenvalue weighted by molar-refractivity contribution is -0.137. The molecule has 5 nitrogen and oxygen atoms in total. The van der Waals surface area contributed by atoms with Gasteiger partial charge in [-0.25, -0.2) is 0 Å². The molecule has 1 aliphatic heterocycles. The average Bonchev–Trinajstić information content (AvgIpc) is 2.33. The Morgan fingerprint density at radius 1 is 1.69 bits per heavy atom. The van der Waals surface area contributed by atoms with Crippen LogP contribution >= 0.6 is 0 Å². The van der Waals surface area contributed by atoms with E-state index in [-0.39, 0.29) is 11.9 Å². The van der Waals surface area contributed by atoms with Gasteiger partial charge >= 0.3 is 0 Å². The highest BCUT2D eigenvalue weighted by molar-refractivity contribution is 5.86. The monoisotopic (exact) mass is 186 g/mol. The van der Waals surface area contributed by atoms with E-state index in [0.29, 0.717) is 13.0 Å². The fourth-order valence-corrected chi connectivity index (χ4v) is 1.07. The van der Waals surface area contributed by atoms with Gasteiger partial charge in [-0.05, 0) is 13.8 Å². The number of amides is 2. The molecule has 0 aromatic rings. The Hall–Kier alpha value is -1.10. The summed E-state index contributed by atoms with van der Waals surface area (Å²) in [6.07, 6.45) is 0.293. The number of carbonyl (C=O) groups excluding carboxylic acids is 2. The number of nitrogens with one attached hydrogen (secondary N) is 2. The van der Waals surface area contributed by atoms with E-state index in [1.165, 1.54) is 13.8 Å². The van der Waals surface area contributed by atoms with Crippen molar-refractivity contribution in [2.45, 2.75) is 31.9 Å². The van der Waals surface area contributed by atoms with Crippen molar-refractivity contribution < 1.29 is 14.7 Å². The zero-order chi connectivity index (χ0) is 10.1. The van der Waals surface area contributed by atoms with E-state index in [9.17, 15) is 14.7 Å². The van der Waals surface area contributed by atoms with Crippen LogP contribution in [0.2, 0.25) is 0 Å². The Bertz CT molecular complexity index is 232. The maximum absolute atomic E-state index is 11.2. The summed E-state index contributed by atoms with van der Waals surface area (Å²) in [6.45, 7) is 3.26. The SMILES string of the molecule is CC(C)(O)C(=O)NC1CNC(=O)C1. The lowest BCUT2D eigenvalue weighted by Crippen LogP contribution is -2.47. The van der Waals surface area contributed by atoms with Gasteiger partial charge in [-0.15, -0.1) is 0 Å². The largest absolute Gasteiger partial charge is 0.381 e. The molecule has 0 aliphatic carbocycles. The maximum atomic E-state index is 11.2. The first kappa shape index (κ1) is 9.98. The summed E-state index contributed by atoms with van der Waals surface area (Å²) >= 11 is 0. The highest BCUT2D eigenvalue weighted by Crippen LogP contribution is 2.04. The van der Waals surface area contributed by atoms with E-state index in [4.69, 9.17) is 0 Å². The fourth-order valence-electron chi connectivity index (χ4n) is 1.07. The first-order chi connectivity index (χ1) is 5.89. The topological polar surface area (TPSA) is 78.4 Å². The average molecular weight is 186 g/mol. The molecule has 5 heteroatoms. The first-order valence-corrected chi connectivity index (χ1v) is 4.19. The molecule has 1 saturated heterocycles. The molecular weight excluding hydrogens is 172 g/mol. The summed E-state index contributed by atoms with van der Waals surface area (Å²) in [5, 5.41) is 14.5. The fraction of sp³-hybridized carbons (Fsp3) is 0.750. The number of hydrogen-bond acceptors (Lipinski definition) is 3. The molecule has 0 radical (unpaired) electrons. The molecule has 0 saturated carbocycles. The van der Waals surface area contributed by atoms with E-state index in [1.54, 1.807) is 0 Å². The van der Waals surface area contributed by atoms with Crippen LogP contribution in [-0.4, -0.2) is 35.1 Å². The van der Waals surface area contributed by atoms with Gasteiger partial charge in [0.2, 0.25) is 5.91 Å². The minimum Gasteiger partial charge on any atom is -0.381 e. The van der Waals surface area contributed by atoms with Gasteiger partial charge in [-0.2, -0.15) is 0 Å². The van der Waals surface area contributed by atoms with Crippen molar-refractivity contribution >= 4 is 11.8 Å². The third-order valence-electron chi connectivity index (χ3n) is 1.87. The number of hydrogen-bond donors (Lipinski definition) is 3. The van der Waals surface area contributed by atoms with Crippen molar-refractivity contribution in [1.82, 2.24) is 10.6 Å². The standard InChI is InChI=1S/C8H14N2O3/c1-8(2,13)7(12)10-5-3-6(11)9-4-5/h5,13H,3-4H2,1-2H3,(H,9,11)(H,10,12). The Labute approximate surface area is 76.5 Å². The molecule has 1 heterocycles. The highest BCUT2D eigenvalue weighted by atomic mass is 16.3. The molecule has 13 heavy (non-hydrogen) atoms. The summed E-state index contributed by atoms with van der Waals surface area (Å²) in [6, 6.07) is -0.188. The molecular formula is C8H14N2O3. The lowest BCUT2D eigenvalue weighted by Gasteiger charge is -2.19. The van der Waals surface area contributed by atoms with E-state index < -0.39 is 11.5 Å². The molecule has 1 fully saturated rings. The summed E-state index contributed by atoms with van der Waals surface area (Å²) in [7, 11) is 0. The van der Waals surface area contributed by atoms with Crippen LogP contribution in [0.4, 0.5) is 0 Å². The first-order valence-electron chi connectivity index (χ1n) is 4.19. The van der Waals surface area contributed by atoms with E-state index in [1.807, 2.05) is 0 Å². The second-order valence-corrected chi connectivity index (χ2v) is 3.74. The van der Waals surface area contributed by atoms with Gasteiger partial charge in [0.15, 0.2) is 0 Å². The highest BCUT2D eigenvalue weighted by Gasteiger charge is 2.29. The zero-order valence-electron chi connectivity index (χ0n) is 7.76. The van der Waals surface area contributed by atoms with Crippen LogP contribution in [0.25, 0.3) is 0 Å². The summed E-state index contributed by atoms with van der Waals surface area (Å²) in [4.78, 5) is 22.0. The van der Waals surface area contributed by atoms with Gasteiger partial charge in [0.05, 0.1) is 6.04 Å². The van der Waals surface area contributed by atoms with Crippen LogP contribution in [0.15, 0.2) is 0 Å². The van der Waals surface area contributed by atoms with E-state index in [2.05, 4.69) is 10.6 Å². The van der Waals surface area contributed by atoms with Crippen molar-refractivity contribution in [3.05, 3.63) is 0 Å². The van der Waals surface area contributed by atoms with Crippen molar-refractivity contribution in [1.29, 1.82) is 0 Å². The molecule has 0 aromatic carbocycles. The van der Waals surface area contributed by atoms with Gasteiger partial charge in [0.1, 0.15) is 5.60 Å². The second-order valence-electron chi connectivity index (χ2n) is 3.74. The van der Waals surface area contributed by atoms with E-state index >= 15 is 0 Å². The molecule has 1 rings (SSSR count). The Morgan fingerprint density at radius 3 is 2.69 bits per heavy atom. The van der Waals surface area contributed by atoms with Gasteiger partial charge in [-0.3, -0.25) is 9.59 Å². The van der Waals surface area contributed by atoms with E-state index in [0.717, 1.165) is 0 Å². The van der Waals surface area contributed by atoms with Crippen molar-refractivity contribution in [2.75, 3.05) is 6.54 Å². The number of rotatable bonds is 2. The van der Waals surface area contributed by atoms with Crippen molar-refractivity contribution in [3.63, 3.8) is 0 Å². The van der Waals surface area contributed by atoms with Gasteiger partial charge in [0, 0.05) is 13.0 Å². The van der Waals surface area contributed by atoms with Gasteiger partial charge in [0.25, 0.3) is 5.91 Å². The second kappa shape index (κ2) is 3.33. The lowest BCUT2D eigenvalue weighted by atomic mass is 10.1. The third kappa shape index (κ3) is 2.69. The minimum atomic E-state index is -1.38. The van der Waals surface area contributed by atoms with Crippen LogP contribution in [0, 0.1) is 0 Å². The molecule has 0 aromatic heterocycles. The van der Waals surface area contributed by atoms with Crippen molar-refractivity contribution in [3.8, 4) is 0 Å². The Kier molecular flexibility index (Phi) is 2.56. The summed E-state index contributed by atoms with van der Waals surface area (Å²) in [5.41, 5.74) is -1.38. The molecule has 1 aliphatic rings. The number of carbonyl (C=O) groups is 2. The number of aliphatic hydroxyl groups is 1. The van der Waals surface area contributed by atoms with Crippen molar-refractivity contribution in [2.24, 2.45) is 0 Å². The predicted octanol–water partition coefficient (Wildman–Crippen LogP) is -1.24. The molecule has 2 amide bonds. The predicted molar refractivity (Wildman–Crippen MR) is 45.9 cm³/mol. The molecule has 1 unspecified atom stereocenters. The summed E-state index contributed by atoms with van der Waals surface area (Å²) in [5.74, 6) is -0.518. The molecule has 0 bridgehead atoms. The quantitative estimate of drug-likeness (QED) is 0.505. The molecule has 1 atom stereocenters. The third-order valence-corrected chi connectivity index (χ3v) is 1.87. The Balaban J connectivity index is 2.42. The van der Waals surface area contributed by atoms with Crippen LogP contribution in [-0.2, 0) is 9.59 Å². The van der Waals surface area contributed by atoms with Gasteiger partial charge in [-0.1, -0.05) is 0 Å². The van der Waals surface area contributed by atoms with Crippen LogP contribution in [0.5, 0.6) is 0 Å². The van der Waals surface area contributed by atoms with Crippen LogP contribution < -0.4 is 10.6 Å². The smallest absolute Gasteiger partial charge is 0.251 e. The minimum absolute atomic E-state index is 0.0685. The molecule has 3 N–H and O–H groups in total. The van der Waals surface area contributed by atoms with Gasteiger partial charge < -0.3 is 15.7 Å².